The minimum Gasteiger partial charge on any atom is -0.494 e. The minimum absolute atomic E-state index is 0.0166. The lowest BCUT2D eigenvalue weighted by Gasteiger charge is -2.31. The number of para-hydroxylation sites is 1. The van der Waals surface area contributed by atoms with Gasteiger partial charge in [-0.3, -0.25) is 9.55 Å². The first-order chi connectivity index (χ1) is 19.8. The topological polar surface area (TPSA) is 133 Å². The Labute approximate surface area is 255 Å². The molecule has 14 heteroatoms. The van der Waals surface area contributed by atoms with E-state index in [1.54, 1.807) is 54.0 Å². The van der Waals surface area contributed by atoms with Gasteiger partial charge in [0.2, 0.25) is 21.8 Å². The molecular weight excluding hydrogens is 642 g/mol. The zero-order valence-electron chi connectivity index (χ0n) is 24.7. The van der Waals surface area contributed by atoms with Gasteiger partial charge in [-0.05, 0) is 72.2 Å². The van der Waals surface area contributed by atoms with Gasteiger partial charge in [-0.15, -0.1) is 10.2 Å². The van der Waals surface area contributed by atoms with Crippen LogP contribution < -0.4 is 13.8 Å². The van der Waals surface area contributed by atoms with Gasteiger partial charge in [-0.2, -0.15) is 0 Å². The third-order valence-corrected chi connectivity index (χ3v) is 11.1. The summed E-state index contributed by atoms with van der Waals surface area (Å²) in [5.41, 5.74) is 0.640. The fourth-order valence-electron chi connectivity index (χ4n) is 4.35. The van der Waals surface area contributed by atoms with Crippen molar-refractivity contribution in [3.63, 3.8) is 0 Å². The summed E-state index contributed by atoms with van der Waals surface area (Å²) in [7, 11) is -2.98. The summed E-state index contributed by atoms with van der Waals surface area (Å²) < 4.78 is 49.7. The van der Waals surface area contributed by atoms with E-state index in [9.17, 15) is 13.5 Å². The van der Waals surface area contributed by atoms with E-state index in [0.29, 0.717) is 39.2 Å². The molecule has 0 bridgehead atoms. The number of benzene rings is 1. The van der Waals surface area contributed by atoms with E-state index < -0.39 is 29.5 Å². The van der Waals surface area contributed by atoms with Crippen molar-refractivity contribution in [3.8, 4) is 28.8 Å². The molecule has 4 aromatic rings. The molecule has 0 aliphatic heterocycles. The first-order valence-electron chi connectivity index (χ1n) is 13.3. The molecule has 1 N–H and O–H groups in total. The number of aliphatic hydroxyl groups is 1. The van der Waals surface area contributed by atoms with Gasteiger partial charge < -0.3 is 19.0 Å². The standard InChI is InChI=1S/C28H36BrN5O6SSi/c1-18-11-14-24(40-18)27-31-32-28(34(27)25-22(38-3)9-8-10-23(25)39-4)33(15-16-42(5,6)7)41(36,37)19(2)26(35)21-13-12-20(29)17-30-21/h8-14,17,19,26,35H,15-16H2,1-7H3/t19-,26+/m0/s1. The van der Waals surface area contributed by atoms with Crippen LogP contribution in [0.3, 0.4) is 0 Å². The van der Waals surface area contributed by atoms with Crippen molar-refractivity contribution in [2.24, 2.45) is 0 Å². The van der Waals surface area contributed by atoms with Gasteiger partial charge in [0, 0.05) is 25.3 Å². The van der Waals surface area contributed by atoms with Crippen LogP contribution in [-0.2, 0) is 10.0 Å². The molecule has 0 amide bonds. The average molecular weight is 679 g/mol. The summed E-state index contributed by atoms with van der Waals surface area (Å²) in [6, 6.07) is 12.7. The number of aliphatic hydroxyl groups excluding tert-OH is 1. The average Bonchev–Trinajstić information content (AvgIpc) is 3.57. The molecule has 0 spiro atoms. The summed E-state index contributed by atoms with van der Waals surface area (Å²) in [5.74, 6) is 2.13. The maximum atomic E-state index is 14.4. The number of furan rings is 1. The Hall–Kier alpha value is -3.20. The molecule has 11 nitrogen and oxygen atoms in total. The van der Waals surface area contributed by atoms with Gasteiger partial charge in [-0.1, -0.05) is 25.7 Å². The van der Waals surface area contributed by atoms with Gasteiger partial charge in [0.15, 0.2) is 5.76 Å². The van der Waals surface area contributed by atoms with E-state index in [4.69, 9.17) is 13.9 Å². The van der Waals surface area contributed by atoms with Crippen LogP contribution in [0.1, 0.15) is 24.5 Å². The van der Waals surface area contributed by atoms with Gasteiger partial charge in [0.25, 0.3) is 0 Å². The summed E-state index contributed by atoms with van der Waals surface area (Å²) in [5, 5.41) is 18.8. The number of methoxy groups -OCH3 is 2. The summed E-state index contributed by atoms with van der Waals surface area (Å²) in [6.45, 7) is 9.87. The second-order valence-electron chi connectivity index (χ2n) is 11.1. The van der Waals surface area contributed by atoms with Crippen LogP contribution in [0.4, 0.5) is 5.95 Å². The second-order valence-corrected chi connectivity index (χ2v) is 19.8. The van der Waals surface area contributed by atoms with E-state index in [2.05, 4.69) is 50.8 Å². The van der Waals surface area contributed by atoms with E-state index in [0.717, 1.165) is 0 Å². The highest BCUT2D eigenvalue weighted by molar-refractivity contribution is 9.10. The number of hydrogen-bond acceptors (Lipinski definition) is 9. The molecule has 1 aromatic carbocycles. The van der Waals surface area contributed by atoms with Gasteiger partial charge in [0.05, 0.1) is 19.9 Å². The van der Waals surface area contributed by atoms with Crippen LogP contribution in [0, 0.1) is 6.92 Å². The lowest BCUT2D eigenvalue weighted by molar-refractivity contribution is 0.171. The van der Waals surface area contributed by atoms with Gasteiger partial charge >= 0.3 is 0 Å². The highest BCUT2D eigenvalue weighted by Crippen LogP contribution is 2.40. The molecule has 0 saturated carbocycles. The predicted octanol–water partition coefficient (Wildman–Crippen LogP) is 5.61. The molecule has 42 heavy (non-hydrogen) atoms. The van der Waals surface area contributed by atoms with Crippen molar-refractivity contribution in [1.29, 1.82) is 0 Å². The molecule has 0 unspecified atom stereocenters. The van der Waals surface area contributed by atoms with E-state index >= 15 is 0 Å². The number of anilines is 1. The molecule has 2 atom stereocenters. The number of nitrogens with zero attached hydrogens (tertiary/aromatic N) is 5. The van der Waals surface area contributed by atoms with Crippen LogP contribution in [0.5, 0.6) is 11.5 Å². The third-order valence-electron chi connectivity index (χ3n) is 6.80. The lowest BCUT2D eigenvalue weighted by Crippen LogP contribution is -2.44. The van der Waals surface area contributed by atoms with Crippen molar-refractivity contribution >= 4 is 40.0 Å². The number of halogens is 1. The molecule has 3 heterocycles. The molecule has 3 aromatic heterocycles. The number of aromatic nitrogens is 4. The molecule has 4 rings (SSSR count). The Kier molecular flexibility index (Phi) is 9.50. The molecule has 226 valence electrons. The maximum absolute atomic E-state index is 14.4. The normalized spacial score (nSPS) is 13.5. The zero-order chi connectivity index (χ0) is 30.8. The fourth-order valence-corrected chi connectivity index (χ4v) is 7.20. The number of rotatable bonds is 12. The van der Waals surface area contributed by atoms with Crippen LogP contribution in [-0.4, -0.2) is 67.4 Å². The fraction of sp³-hybridized carbons (Fsp3) is 0.393. The molecular formula is C28H36BrN5O6SSi. The number of sulfonamides is 1. The minimum atomic E-state index is -4.25. The zero-order valence-corrected chi connectivity index (χ0v) is 28.1. The van der Waals surface area contributed by atoms with Crippen LogP contribution in [0.15, 0.2) is 57.6 Å². The highest BCUT2D eigenvalue weighted by Gasteiger charge is 2.40. The van der Waals surface area contributed by atoms with Crippen LogP contribution in [0.2, 0.25) is 25.7 Å². The highest BCUT2D eigenvalue weighted by atomic mass is 79.9. The van der Waals surface area contributed by atoms with Gasteiger partial charge in [-0.25, -0.2) is 12.7 Å². The van der Waals surface area contributed by atoms with Crippen molar-refractivity contribution in [2.75, 3.05) is 25.1 Å². The smallest absolute Gasteiger partial charge is 0.246 e. The second kappa shape index (κ2) is 12.6. The quantitative estimate of drug-likeness (QED) is 0.190. The molecule has 0 saturated heterocycles. The van der Waals surface area contributed by atoms with E-state index in [-0.39, 0.29) is 24.0 Å². The Bertz CT molecular complexity index is 1610. The first kappa shape index (κ1) is 31.7. The first-order valence-corrected chi connectivity index (χ1v) is 19.3. The Morgan fingerprint density at radius 1 is 1.07 bits per heavy atom. The van der Waals surface area contributed by atoms with Crippen molar-refractivity contribution in [3.05, 3.63) is 64.6 Å². The summed E-state index contributed by atoms with van der Waals surface area (Å²) >= 11 is 3.33. The molecule has 0 fully saturated rings. The van der Waals surface area contributed by atoms with Crippen LogP contribution >= 0.6 is 15.9 Å². The monoisotopic (exact) mass is 677 g/mol. The largest absolute Gasteiger partial charge is 0.494 e. The molecule has 0 aliphatic rings. The Balaban J connectivity index is 1.96. The summed E-state index contributed by atoms with van der Waals surface area (Å²) in [4.78, 5) is 4.24. The van der Waals surface area contributed by atoms with Crippen LogP contribution in [0.25, 0.3) is 17.3 Å². The number of hydrogen-bond donors (Lipinski definition) is 1. The summed E-state index contributed by atoms with van der Waals surface area (Å²) in [6.07, 6.45) is 0.116. The number of pyridine rings is 1. The third kappa shape index (κ3) is 6.56. The Morgan fingerprint density at radius 2 is 1.74 bits per heavy atom. The lowest BCUT2D eigenvalue weighted by atomic mass is 10.2. The predicted molar refractivity (Wildman–Crippen MR) is 168 cm³/mol. The van der Waals surface area contributed by atoms with Crippen molar-refractivity contribution < 1.29 is 27.4 Å². The SMILES string of the molecule is COc1cccc(OC)c1-n1c(-c2ccc(C)o2)nnc1N(CC[Si](C)(C)C)S(=O)(=O)[C@@H](C)[C@@H](O)c1ccc(Br)cn1. The van der Waals surface area contributed by atoms with E-state index in [1.807, 2.05) is 0 Å². The van der Waals surface area contributed by atoms with Crippen molar-refractivity contribution in [2.45, 2.75) is 50.9 Å². The van der Waals surface area contributed by atoms with Gasteiger partial charge in [0.1, 0.15) is 34.3 Å². The number of ether oxygens (including phenoxy) is 2. The molecule has 0 aliphatic carbocycles. The van der Waals surface area contributed by atoms with Crippen molar-refractivity contribution in [1.82, 2.24) is 19.7 Å². The maximum Gasteiger partial charge on any atom is 0.246 e. The van der Waals surface area contributed by atoms with E-state index in [1.165, 1.54) is 31.6 Å². The molecule has 0 radical (unpaired) electrons. The number of aryl methyl sites for hydroxylation is 1. The Morgan fingerprint density at radius 3 is 2.26 bits per heavy atom.